The number of hydrogen-bond donors (Lipinski definition) is 2. The van der Waals surface area contributed by atoms with Crippen LogP contribution in [-0.4, -0.2) is 22.6 Å². The maximum atomic E-state index is 12.3. The quantitative estimate of drug-likeness (QED) is 0.824. The number of nitrogens with zero attached hydrogens (tertiary/aromatic N) is 1. The van der Waals surface area contributed by atoms with Gasteiger partial charge in [0, 0.05) is 0 Å². The van der Waals surface area contributed by atoms with E-state index in [0.717, 1.165) is 6.07 Å². The predicted molar refractivity (Wildman–Crippen MR) is 58.1 cm³/mol. The molecule has 1 aromatic rings. The van der Waals surface area contributed by atoms with Gasteiger partial charge in [0.15, 0.2) is 0 Å². The molecule has 0 unspecified atom stereocenters. The van der Waals surface area contributed by atoms with Crippen molar-refractivity contribution in [3.8, 4) is 0 Å². The van der Waals surface area contributed by atoms with Crippen LogP contribution in [0.15, 0.2) is 12.1 Å². The van der Waals surface area contributed by atoms with Crippen LogP contribution in [0.5, 0.6) is 0 Å². The van der Waals surface area contributed by atoms with Gasteiger partial charge in [-0.25, -0.2) is 4.98 Å². The number of anilines is 1. The van der Waals surface area contributed by atoms with E-state index in [-0.39, 0.29) is 5.82 Å². The first-order valence-corrected chi connectivity index (χ1v) is 5.08. The van der Waals surface area contributed by atoms with Crippen LogP contribution >= 0.6 is 22.6 Å². The van der Waals surface area contributed by atoms with Crippen LogP contribution in [0.1, 0.15) is 5.69 Å². The molecule has 0 atom stereocenters. The minimum Gasteiger partial charge on any atom is -0.480 e. The molecule has 0 saturated carbocycles. The number of carbonyl (C=O) groups is 1. The second kappa shape index (κ2) is 4.85. The highest BCUT2D eigenvalue weighted by atomic mass is 127. The van der Waals surface area contributed by atoms with Gasteiger partial charge in [0.05, 0.1) is 3.57 Å². The third-order valence-electron chi connectivity index (χ3n) is 1.54. The van der Waals surface area contributed by atoms with E-state index in [0.29, 0.717) is 3.57 Å². The first-order valence-electron chi connectivity index (χ1n) is 4.00. The minimum atomic E-state index is -4.54. The summed E-state index contributed by atoms with van der Waals surface area (Å²) in [6.45, 7) is -0.482. The van der Waals surface area contributed by atoms with E-state index in [9.17, 15) is 18.0 Å². The molecule has 0 aliphatic carbocycles. The van der Waals surface area contributed by atoms with Crippen molar-refractivity contribution in [3.63, 3.8) is 0 Å². The number of halogens is 4. The van der Waals surface area contributed by atoms with Crippen molar-refractivity contribution < 1.29 is 23.1 Å². The number of carboxylic acids is 1. The Morgan fingerprint density at radius 1 is 1.50 bits per heavy atom. The molecule has 1 rings (SSSR count). The molecule has 8 heteroatoms. The van der Waals surface area contributed by atoms with Crippen molar-refractivity contribution in [2.75, 3.05) is 11.9 Å². The summed E-state index contributed by atoms with van der Waals surface area (Å²) in [5.41, 5.74) is -1.05. The summed E-state index contributed by atoms with van der Waals surface area (Å²) in [5.74, 6) is -1.26. The summed E-state index contributed by atoms with van der Waals surface area (Å²) in [7, 11) is 0. The van der Waals surface area contributed by atoms with Gasteiger partial charge in [0.1, 0.15) is 18.1 Å². The molecule has 0 fully saturated rings. The van der Waals surface area contributed by atoms with Crippen LogP contribution in [0.3, 0.4) is 0 Å². The summed E-state index contributed by atoms with van der Waals surface area (Å²) < 4.78 is 37.3. The topological polar surface area (TPSA) is 62.2 Å². The van der Waals surface area contributed by atoms with Crippen LogP contribution in [0.2, 0.25) is 0 Å². The van der Waals surface area contributed by atoms with Gasteiger partial charge in [-0.3, -0.25) is 4.79 Å². The highest BCUT2D eigenvalue weighted by molar-refractivity contribution is 14.1. The molecule has 88 valence electrons. The summed E-state index contributed by atoms with van der Waals surface area (Å²) >= 11 is 1.77. The molecule has 0 amide bonds. The molecule has 2 N–H and O–H groups in total. The largest absolute Gasteiger partial charge is 0.480 e. The van der Waals surface area contributed by atoms with E-state index in [1.54, 1.807) is 22.6 Å². The van der Waals surface area contributed by atoms with Gasteiger partial charge in [-0.05, 0) is 34.7 Å². The Labute approximate surface area is 102 Å². The lowest BCUT2D eigenvalue weighted by molar-refractivity contribution is -0.141. The Morgan fingerprint density at radius 3 is 2.62 bits per heavy atom. The average molecular weight is 346 g/mol. The summed E-state index contributed by atoms with van der Waals surface area (Å²) in [6.07, 6.45) is -4.54. The second-order valence-electron chi connectivity index (χ2n) is 2.77. The highest BCUT2D eigenvalue weighted by Gasteiger charge is 2.32. The zero-order chi connectivity index (χ0) is 12.3. The molecule has 1 aromatic heterocycles. The fraction of sp³-hybridized carbons (Fsp3) is 0.250. The van der Waals surface area contributed by atoms with Gasteiger partial charge < -0.3 is 10.4 Å². The Kier molecular flexibility index (Phi) is 3.94. The molecular formula is C8H6F3IN2O2. The van der Waals surface area contributed by atoms with Gasteiger partial charge >= 0.3 is 12.1 Å². The zero-order valence-corrected chi connectivity index (χ0v) is 9.83. The standard InChI is InChI=1S/C8H6F3IN2O2/c9-8(10,11)5-2-1-4(12)7(14-5)13-3-6(15)16/h1-2H,3H2,(H,13,14)(H,15,16). The van der Waals surface area contributed by atoms with Gasteiger partial charge in [0.25, 0.3) is 0 Å². The van der Waals surface area contributed by atoms with E-state index in [4.69, 9.17) is 5.11 Å². The van der Waals surface area contributed by atoms with Crippen molar-refractivity contribution in [2.45, 2.75) is 6.18 Å². The molecule has 0 aliphatic rings. The summed E-state index contributed by atoms with van der Waals surface area (Å²) in [4.78, 5) is 13.6. The fourth-order valence-corrected chi connectivity index (χ4v) is 1.37. The molecule has 0 aromatic carbocycles. The molecule has 0 saturated heterocycles. The third kappa shape index (κ3) is 3.51. The SMILES string of the molecule is O=C(O)CNc1nc(C(F)(F)F)ccc1I. The van der Waals surface area contributed by atoms with E-state index in [1.807, 2.05) is 0 Å². The van der Waals surface area contributed by atoms with Gasteiger partial charge in [-0.1, -0.05) is 0 Å². The summed E-state index contributed by atoms with van der Waals surface area (Å²) in [5, 5.41) is 10.7. The van der Waals surface area contributed by atoms with Crippen LogP contribution in [0, 0.1) is 3.57 Å². The first-order chi connectivity index (χ1) is 7.30. The molecular weight excluding hydrogens is 340 g/mol. The number of aliphatic carboxylic acids is 1. The van der Waals surface area contributed by atoms with E-state index >= 15 is 0 Å². The van der Waals surface area contributed by atoms with Gasteiger partial charge in [-0.2, -0.15) is 13.2 Å². The molecule has 16 heavy (non-hydrogen) atoms. The normalized spacial score (nSPS) is 11.2. The van der Waals surface area contributed by atoms with E-state index in [2.05, 4.69) is 10.3 Å². The van der Waals surface area contributed by atoms with Crippen molar-refractivity contribution >= 4 is 34.4 Å². The Balaban J connectivity index is 2.95. The zero-order valence-electron chi connectivity index (χ0n) is 7.68. The lowest BCUT2D eigenvalue weighted by atomic mass is 10.3. The van der Waals surface area contributed by atoms with Crippen molar-refractivity contribution in [1.82, 2.24) is 4.98 Å². The van der Waals surface area contributed by atoms with E-state index < -0.39 is 24.4 Å². The maximum absolute atomic E-state index is 12.3. The van der Waals surface area contributed by atoms with Crippen LogP contribution < -0.4 is 5.32 Å². The molecule has 4 nitrogen and oxygen atoms in total. The monoisotopic (exact) mass is 346 g/mol. The number of carboxylic acid groups (broad SMARTS) is 1. The number of alkyl halides is 3. The Bertz CT molecular complexity index is 409. The highest BCUT2D eigenvalue weighted by Crippen LogP contribution is 2.29. The lowest BCUT2D eigenvalue weighted by Crippen LogP contribution is -2.16. The molecule has 0 radical (unpaired) electrons. The Morgan fingerprint density at radius 2 is 2.12 bits per heavy atom. The number of nitrogens with one attached hydrogen (secondary N) is 1. The van der Waals surface area contributed by atoms with Crippen molar-refractivity contribution in [1.29, 1.82) is 0 Å². The fourth-order valence-electron chi connectivity index (χ4n) is 0.883. The predicted octanol–water partition coefficient (Wildman–Crippen LogP) is 2.20. The first kappa shape index (κ1) is 13.0. The molecule has 1 heterocycles. The molecule has 0 bridgehead atoms. The van der Waals surface area contributed by atoms with Crippen LogP contribution in [0.25, 0.3) is 0 Å². The number of aromatic nitrogens is 1. The van der Waals surface area contributed by atoms with Crippen LogP contribution in [0.4, 0.5) is 19.0 Å². The van der Waals surface area contributed by atoms with Gasteiger partial charge in [-0.15, -0.1) is 0 Å². The van der Waals surface area contributed by atoms with E-state index in [1.165, 1.54) is 6.07 Å². The molecule has 0 aliphatic heterocycles. The Hall–Kier alpha value is -1.06. The second-order valence-corrected chi connectivity index (χ2v) is 3.93. The lowest BCUT2D eigenvalue weighted by Gasteiger charge is -2.09. The average Bonchev–Trinajstić information content (AvgIpc) is 2.14. The molecule has 0 spiro atoms. The number of pyridine rings is 1. The number of rotatable bonds is 3. The minimum absolute atomic E-state index is 0.0853. The smallest absolute Gasteiger partial charge is 0.433 e. The van der Waals surface area contributed by atoms with Gasteiger partial charge in [0.2, 0.25) is 0 Å². The van der Waals surface area contributed by atoms with Crippen molar-refractivity contribution in [2.24, 2.45) is 0 Å². The third-order valence-corrected chi connectivity index (χ3v) is 2.41. The number of hydrogen-bond acceptors (Lipinski definition) is 3. The van der Waals surface area contributed by atoms with Crippen molar-refractivity contribution in [3.05, 3.63) is 21.4 Å². The maximum Gasteiger partial charge on any atom is 0.433 e. The summed E-state index contributed by atoms with van der Waals surface area (Å²) in [6, 6.07) is 2.06. The van der Waals surface area contributed by atoms with Crippen LogP contribution in [-0.2, 0) is 11.0 Å².